The molecule has 0 aromatic heterocycles. The molecule has 0 saturated carbocycles. The van der Waals surface area contributed by atoms with Crippen LogP contribution in [0.2, 0.25) is 0 Å². The maximum absolute atomic E-state index is 12.3. The molecule has 21 nitrogen and oxygen atoms in total. The first kappa shape index (κ1) is 64.6. The predicted molar refractivity (Wildman–Crippen MR) is 272 cm³/mol. The first-order chi connectivity index (χ1) is 36.5. The number of hydrogen-bond donors (Lipinski definition) is 2. The SMILES string of the molecule is C=CCC(=C)/C=C/C[C@@](C)(O)[C@H]1O[C@@H]2C[C@@H]3O[C@@H]4C[C@@H]5O[C@@H]6C[C@@H]7O[C@@H]8C[C@@H]9O[C@@H]%10C[C@@H]%11O[C@](C)(CCOS(=O)(=O)[O-])[C@@H](OS(=O)(=O)[O-])C[C@H]%11O[C@H]%10C[C@H]9O[C@H]8CC[C@@]7(C)O[C@@]6(C)C[C@H](C)[C@H]5O[C@H]4[C@@H](O)[C@@]3(C)O[C@H]2CC1=C.[Na+].[Na+]. The molecular weight excluding hydrogens is 1110 g/mol. The second-order valence-corrected chi connectivity index (χ2v) is 27.6. The van der Waals surface area contributed by atoms with Gasteiger partial charge in [0.25, 0.3) is 0 Å². The van der Waals surface area contributed by atoms with E-state index in [1.165, 1.54) is 6.92 Å². The quantitative estimate of drug-likeness (QED) is 0.0731. The van der Waals surface area contributed by atoms with Crippen LogP contribution >= 0.6 is 0 Å². The van der Waals surface area contributed by atoms with E-state index < -0.39 is 129 Å². The number of ether oxygens (including phenoxy) is 11. The van der Waals surface area contributed by atoms with Crippen LogP contribution in [0.15, 0.2) is 49.1 Å². The molecule has 11 heterocycles. The van der Waals surface area contributed by atoms with Crippen LogP contribution in [0.1, 0.15) is 131 Å². The van der Waals surface area contributed by atoms with E-state index in [1.54, 1.807) is 13.0 Å². The van der Waals surface area contributed by atoms with Gasteiger partial charge in [-0.15, -0.1) is 6.58 Å². The summed E-state index contributed by atoms with van der Waals surface area (Å²) in [5.74, 6) is -0.0171. The molecular formula is C55H80Na2O21S2. The number of allylic oxidation sites excluding steroid dienone is 3. The summed E-state index contributed by atoms with van der Waals surface area (Å²) in [6, 6.07) is 0. The van der Waals surface area contributed by atoms with Crippen LogP contribution in [0.4, 0.5) is 0 Å². The second-order valence-electron chi connectivity index (χ2n) is 25.6. The van der Waals surface area contributed by atoms with Crippen molar-refractivity contribution in [3.05, 3.63) is 49.1 Å². The molecule has 0 aromatic rings. The maximum Gasteiger partial charge on any atom is 1.00 e. The molecule has 26 atom stereocenters. The van der Waals surface area contributed by atoms with Gasteiger partial charge < -0.3 is 71.4 Å². The topological polar surface area (TPSA) is 275 Å². The van der Waals surface area contributed by atoms with Gasteiger partial charge in [-0.3, -0.25) is 8.37 Å². The normalized spacial score (nSPS) is 49.6. The second kappa shape index (κ2) is 23.9. The minimum Gasteiger partial charge on any atom is -0.726 e. The Labute approximate surface area is 515 Å². The Kier molecular flexibility index (Phi) is 19.3. The van der Waals surface area contributed by atoms with Gasteiger partial charge in [0, 0.05) is 51.4 Å². The molecule has 0 bridgehead atoms. The molecule has 25 heteroatoms. The van der Waals surface area contributed by atoms with Crippen molar-refractivity contribution in [3.8, 4) is 0 Å². The van der Waals surface area contributed by atoms with E-state index in [9.17, 15) is 36.2 Å². The third-order valence-electron chi connectivity index (χ3n) is 19.5. The van der Waals surface area contributed by atoms with Gasteiger partial charge >= 0.3 is 59.1 Å². The van der Waals surface area contributed by atoms with Crippen LogP contribution in [0, 0.1) is 5.92 Å². The monoisotopic (exact) mass is 1190 g/mol. The summed E-state index contributed by atoms with van der Waals surface area (Å²) in [6.45, 7) is 23.1. The van der Waals surface area contributed by atoms with Crippen LogP contribution < -0.4 is 59.1 Å². The van der Waals surface area contributed by atoms with E-state index in [0.29, 0.717) is 77.0 Å². The van der Waals surface area contributed by atoms with Crippen molar-refractivity contribution in [2.24, 2.45) is 5.92 Å². The summed E-state index contributed by atoms with van der Waals surface area (Å²) >= 11 is 0. The molecule has 11 fully saturated rings. The Morgan fingerprint density at radius 2 is 1.30 bits per heavy atom. The summed E-state index contributed by atoms with van der Waals surface area (Å²) in [7, 11) is -10.3. The Bertz CT molecular complexity index is 2560. The van der Waals surface area contributed by atoms with Gasteiger partial charge in [-0.05, 0) is 84.6 Å². The fraction of sp³-hybridized carbons (Fsp3) is 0.855. The van der Waals surface area contributed by atoms with E-state index in [0.717, 1.165) is 11.1 Å². The Morgan fingerprint density at radius 3 is 1.96 bits per heavy atom. The average Bonchev–Trinajstić information content (AvgIpc) is 3.64. The number of hydrogen-bond acceptors (Lipinski definition) is 21. The molecule has 440 valence electrons. The smallest absolute Gasteiger partial charge is 0.726 e. The fourth-order valence-electron chi connectivity index (χ4n) is 15.6. The van der Waals surface area contributed by atoms with E-state index >= 15 is 0 Å². The summed E-state index contributed by atoms with van der Waals surface area (Å²) in [5.41, 5.74) is -3.62. The number of fused-ring (bicyclic) bond motifs is 10. The molecule has 11 rings (SSSR count). The van der Waals surface area contributed by atoms with E-state index in [-0.39, 0.29) is 127 Å². The molecule has 0 radical (unpaired) electrons. The van der Waals surface area contributed by atoms with Crippen molar-refractivity contribution >= 4 is 20.8 Å². The van der Waals surface area contributed by atoms with Crippen LogP contribution in [0.3, 0.4) is 0 Å². The third-order valence-corrected chi connectivity index (χ3v) is 20.4. The molecule has 0 spiro atoms. The first-order valence-electron chi connectivity index (χ1n) is 28.1. The summed E-state index contributed by atoms with van der Waals surface area (Å²) < 4.78 is 154. The molecule has 11 aliphatic rings. The van der Waals surface area contributed by atoms with Crippen molar-refractivity contribution in [2.75, 3.05) is 6.61 Å². The molecule has 80 heavy (non-hydrogen) atoms. The average molecular weight is 1190 g/mol. The molecule has 0 amide bonds. The van der Waals surface area contributed by atoms with Gasteiger partial charge in [0.15, 0.2) is 0 Å². The van der Waals surface area contributed by atoms with Crippen LogP contribution in [0.5, 0.6) is 0 Å². The van der Waals surface area contributed by atoms with E-state index in [4.69, 9.17) is 56.3 Å². The van der Waals surface area contributed by atoms with E-state index in [1.807, 2.05) is 19.1 Å². The number of rotatable bonds is 12. The molecule has 2 N–H and O–H groups in total. The summed E-state index contributed by atoms with van der Waals surface area (Å²) in [4.78, 5) is 0. The van der Waals surface area contributed by atoms with Gasteiger partial charge in [0.1, 0.15) is 30.0 Å². The number of aliphatic hydroxyl groups excluding tert-OH is 1. The van der Waals surface area contributed by atoms with Crippen molar-refractivity contribution in [1.82, 2.24) is 0 Å². The molecule has 0 aromatic carbocycles. The van der Waals surface area contributed by atoms with Gasteiger partial charge in [-0.25, -0.2) is 16.8 Å². The molecule has 11 saturated heterocycles. The van der Waals surface area contributed by atoms with Crippen molar-refractivity contribution in [1.29, 1.82) is 0 Å². The van der Waals surface area contributed by atoms with Gasteiger partial charge in [0.2, 0.25) is 20.8 Å². The summed E-state index contributed by atoms with van der Waals surface area (Å²) in [5, 5.41) is 24.0. The van der Waals surface area contributed by atoms with Gasteiger partial charge in [-0.2, -0.15) is 0 Å². The Morgan fingerprint density at radius 1 is 0.725 bits per heavy atom. The number of aliphatic hydroxyl groups is 2. The molecule has 0 aliphatic carbocycles. The van der Waals surface area contributed by atoms with E-state index in [2.05, 4.69) is 44.7 Å². The van der Waals surface area contributed by atoms with Gasteiger partial charge in [0.05, 0.1) is 127 Å². The van der Waals surface area contributed by atoms with Crippen molar-refractivity contribution in [3.63, 3.8) is 0 Å². The zero-order valence-electron chi connectivity index (χ0n) is 47.6. The minimum absolute atomic E-state index is 0. The predicted octanol–water partition coefficient (Wildman–Crippen LogP) is -1.62. The molecule has 0 unspecified atom stereocenters. The first-order valence-corrected chi connectivity index (χ1v) is 30.8. The van der Waals surface area contributed by atoms with Crippen LogP contribution in [-0.2, 0) is 81.3 Å². The van der Waals surface area contributed by atoms with Crippen molar-refractivity contribution in [2.45, 2.75) is 282 Å². The standard InChI is InChI=1S/C55H82O21S2.2Na/c1-10-12-28(2)13-11-15-51(5,57)50-29(3)19-39-38(71-50)25-46-55(9,74-39)49(56)48-42(70-46)23-41-47(72-48)30(4)27-54(8)44(69-41)26-43-53(7,76-54)16-14-31-32(68-43)20-34-33(65-31)21-35-36(66-34)22-40-37(67-35)24-45(75-78(61,62)63)52(6,73-40)17-18-64-77(58,59)60;;/h10-11,13,30-50,56-57H,1-3,12,14-27H2,4-9H3,(H,58,59,60)(H,61,62,63);;/q;2*+1/p-2/b13-11+;;/t30-,31-,32+,33+,34-,35-,36+,37+,38+,39-,40-,41-,42+,43-,44+,45-,46-,47+,48+,49+,50-,51+,52+,53+,54-,55-;;/m0../s1. The minimum atomic E-state index is -5.21. The van der Waals surface area contributed by atoms with Crippen LogP contribution in [-0.4, -0.2) is 193 Å². The Balaban J connectivity index is 0.00000387. The Hall–Kier alpha value is 0.180. The fourth-order valence-corrected chi connectivity index (χ4v) is 16.4. The largest absolute Gasteiger partial charge is 1.00 e. The van der Waals surface area contributed by atoms with Crippen LogP contribution in [0.25, 0.3) is 0 Å². The third kappa shape index (κ3) is 12.9. The van der Waals surface area contributed by atoms with Crippen molar-refractivity contribution < 1.29 is 156 Å². The zero-order valence-corrected chi connectivity index (χ0v) is 53.2. The van der Waals surface area contributed by atoms with Gasteiger partial charge in [-0.1, -0.05) is 43.9 Å². The summed E-state index contributed by atoms with van der Waals surface area (Å²) in [6.07, 6.45) is 1.18. The zero-order chi connectivity index (χ0) is 55.7. The molecule has 11 aliphatic heterocycles. The maximum atomic E-state index is 12.3.